The quantitative estimate of drug-likeness (QED) is 0.774. The summed E-state index contributed by atoms with van der Waals surface area (Å²) in [7, 11) is 0. The SMILES string of the molecule is c1n[nH]cc1OCC1CCSC1. The van der Waals surface area contributed by atoms with Crippen molar-refractivity contribution in [3.05, 3.63) is 12.4 Å². The third-order valence-electron chi connectivity index (χ3n) is 1.98. The molecule has 0 spiro atoms. The van der Waals surface area contributed by atoms with Crippen LogP contribution in [0.1, 0.15) is 6.42 Å². The van der Waals surface area contributed by atoms with Crippen molar-refractivity contribution in [2.24, 2.45) is 5.92 Å². The van der Waals surface area contributed by atoms with Crippen LogP contribution >= 0.6 is 11.8 Å². The standard InChI is InChI=1S/C8H12N2OS/c1-2-12-6-7(1)5-11-8-3-9-10-4-8/h3-4,7H,1-2,5-6H2,(H,9,10). The molecular weight excluding hydrogens is 172 g/mol. The smallest absolute Gasteiger partial charge is 0.156 e. The highest BCUT2D eigenvalue weighted by Gasteiger charge is 2.15. The topological polar surface area (TPSA) is 37.9 Å². The van der Waals surface area contributed by atoms with E-state index in [1.807, 2.05) is 11.8 Å². The Hall–Kier alpha value is -0.640. The van der Waals surface area contributed by atoms with Crippen molar-refractivity contribution in [1.82, 2.24) is 10.2 Å². The van der Waals surface area contributed by atoms with Crippen LogP contribution in [0.3, 0.4) is 0 Å². The minimum atomic E-state index is 0.741. The molecule has 4 heteroatoms. The third-order valence-corrected chi connectivity index (χ3v) is 3.21. The Morgan fingerprint density at radius 1 is 1.75 bits per heavy atom. The van der Waals surface area contributed by atoms with Gasteiger partial charge in [-0.3, -0.25) is 5.10 Å². The number of rotatable bonds is 3. The van der Waals surface area contributed by atoms with E-state index >= 15 is 0 Å². The molecule has 1 unspecified atom stereocenters. The molecule has 0 radical (unpaired) electrons. The molecule has 1 atom stereocenters. The molecule has 3 nitrogen and oxygen atoms in total. The highest BCUT2D eigenvalue weighted by Crippen LogP contribution is 2.23. The van der Waals surface area contributed by atoms with E-state index in [0.29, 0.717) is 0 Å². The summed E-state index contributed by atoms with van der Waals surface area (Å²) in [4.78, 5) is 0. The maximum absolute atomic E-state index is 5.52. The van der Waals surface area contributed by atoms with Gasteiger partial charge in [0.1, 0.15) is 0 Å². The number of thioether (sulfide) groups is 1. The first-order chi connectivity index (χ1) is 5.95. The Bertz CT molecular complexity index is 219. The molecule has 1 aromatic rings. The van der Waals surface area contributed by atoms with Crippen LogP contribution < -0.4 is 4.74 Å². The molecule has 1 saturated heterocycles. The fraction of sp³-hybridized carbons (Fsp3) is 0.625. The maximum atomic E-state index is 5.52. The lowest BCUT2D eigenvalue weighted by molar-refractivity contribution is 0.264. The van der Waals surface area contributed by atoms with Crippen LogP contribution in [0.25, 0.3) is 0 Å². The zero-order chi connectivity index (χ0) is 8.23. The van der Waals surface area contributed by atoms with Gasteiger partial charge < -0.3 is 4.74 Å². The normalized spacial score (nSPS) is 22.8. The monoisotopic (exact) mass is 184 g/mol. The first-order valence-electron chi connectivity index (χ1n) is 4.14. The summed E-state index contributed by atoms with van der Waals surface area (Å²) in [6.07, 6.45) is 4.78. The average molecular weight is 184 g/mol. The molecule has 2 rings (SSSR count). The van der Waals surface area contributed by atoms with E-state index in [1.54, 1.807) is 12.4 Å². The molecule has 1 aromatic heterocycles. The van der Waals surface area contributed by atoms with E-state index in [1.165, 1.54) is 17.9 Å². The molecule has 0 amide bonds. The van der Waals surface area contributed by atoms with Crippen molar-refractivity contribution in [3.8, 4) is 5.75 Å². The van der Waals surface area contributed by atoms with Gasteiger partial charge in [-0.1, -0.05) is 0 Å². The second-order valence-corrected chi connectivity index (χ2v) is 4.12. The summed E-state index contributed by atoms with van der Waals surface area (Å²) in [5.41, 5.74) is 0. The first-order valence-corrected chi connectivity index (χ1v) is 5.30. The number of aromatic nitrogens is 2. The van der Waals surface area contributed by atoms with Gasteiger partial charge in [0.15, 0.2) is 5.75 Å². The predicted molar refractivity (Wildman–Crippen MR) is 49.5 cm³/mol. The molecule has 2 heterocycles. The summed E-state index contributed by atoms with van der Waals surface area (Å²) in [6.45, 7) is 0.840. The van der Waals surface area contributed by atoms with E-state index in [0.717, 1.165) is 18.3 Å². The lowest BCUT2D eigenvalue weighted by Gasteiger charge is -2.07. The van der Waals surface area contributed by atoms with Crippen molar-refractivity contribution >= 4 is 11.8 Å². The van der Waals surface area contributed by atoms with Crippen LogP contribution in [-0.4, -0.2) is 28.3 Å². The second-order valence-electron chi connectivity index (χ2n) is 2.97. The van der Waals surface area contributed by atoms with Crippen molar-refractivity contribution in [3.63, 3.8) is 0 Å². The molecule has 0 saturated carbocycles. The summed E-state index contributed by atoms with van der Waals surface area (Å²) < 4.78 is 5.52. The molecule has 1 aliphatic rings. The van der Waals surface area contributed by atoms with Gasteiger partial charge in [-0.05, 0) is 17.9 Å². The number of hydrogen-bond donors (Lipinski definition) is 1. The van der Waals surface area contributed by atoms with Crippen LogP contribution in [0.4, 0.5) is 0 Å². The van der Waals surface area contributed by atoms with Crippen LogP contribution in [0.5, 0.6) is 5.75 Å². The van der Waals surface area contributed by atoms with Crippen molar-refractivity contribution in [2.45, 2.75) is 6.42 Å². The van der Waals surface area contributed by atoms with E-state index in [2.05, 4.69) is 10.2 Å². The van der Waals surface area contributed by atoms with Gasteiger partial charge in [0.25, 0.3) is 0 Å². The molecule has 0 aromatic carbocycles. The van der Waals surface area contributed by atoms with Crippen molar-refractivity contribution < 1.29 is 4.74 Å². The van der Waals surface area contributed by atoms with Crippen LogP contribution in [0, 0.1) is 5.92 Å². The lowest BCUT2D eigenvalue weighted by atomic mass is 10.1. The lowest BCUT2D eigenvalue weighted by Crippen LogP contribution is -2.10. The number of nitrogens with zero attached hydrogens (tertiary/aromatic N) is 1. The molecule has 0 aliphatic carbocycles. The number of hydrogen-bond acceptors (Lipinski definition) is 3. The van der Waals surface area contributed by atoms with E-state index < -0.39 is 0 Å². The van der Waals surface area contributed by atoms with Gasteiger partial charge in [-0.25, -0.2) is 0 Å². The number of nitrogens with one attached hydrogen (secondary N) is 1. The van der Waals surface area contributed by atoms with Gasteiger partial charge in [0.05, 0.1) is 19.0 Å². The largest absolute Gasteiger partial charge is 0.490 e. The second kappa shape index (κ2) is 3.85. The Labute approximate surface area is 75.9 Å². The highest BCUT2D eigenvalue weighted by molar-refractivity contribution is 7.99. The van der Waals surface area contributed by atoms with E-state index in [4.69, 9.17) is 4.74 Å². The minimum Gasteiger partial charge on any atom is -0.490 e. The fourth-order valence-electron chi connectivity index (χ4n) is 1.25. The Morgan fingerprint density at radius 3 is 3.42 bits per heavy atom. The number of H-pyrrole nitrogens is 1. The number of ether oxygens (including phenoxy) is 1. The third kappa shape index (κ3) is 1.94. The van der Waals surface area contributed by atoms with Gasteiger partial charge in [-0.15, -0.1) is 0 Å². The zero-order valence-corrected chi connectivity index (χ0v) is 7.64. The minimum absolute atomic E-state index is 0.741. The van der Waals surface area contributed by atoms with Crippen LogP contribution in [-0.2, 0) is 0 Å². The van der Waals surface area contributed by atoms with Gasteiger partial charge >= 0.3 is 0 Å². The van der Waals surface area contributed by atoms with Crippen LogP contribution in [0.2, 0.25) is 0 Å². The fourth-order valence-corrected chi connectivity index (χ4v) is 2.51. The van der Waals surface area contributed by atoms with Gasteiger partial charge in [0.2, 0.25) is 0 Å². The molecule has 66 valence electrons. The summed E-state index contributed by atoms with van der Waals surface area (Å²) in [6, 6.07) is 0. The number of aromatic amines is 1. The van der Waals surface area contributed by atoms with Gasteiger partial charge in [0, 0.05) is 5.92 Å². The molecule has 12 heavy (non-hydrogen) atoms. The van der Waals surface area contributed by atoms with Crippen molar-refractivity contribution in [2.75, 3.05) is 18.1 Å². The molecule has 1 aliphatic heterocycles. The summed E-state index contributed by atoms with van der Waals surface area (Å²) >= 11 is 2.02. The Balaban J connectivity index is 1.74. The molecular formula is C8H12N2OS. The van der Waals surface area contributed by atoms with Crippen LogP contribution in [0.15, 0.2) is 12.4 Å². The Morgan fingerprint density at radius 2 is 2.75 bits per heavy atom. The first kappa shape index (κ1) is 7.98. The Kier molecular flexibility index (Phi) is 2.56. The van der Waals surface area contributed by atoms with Gasteiger partial charge in [-0.2, -0.15) is 16.9 Å². The molecule has 0 bridgehead atoms. The van der Waals surface area contributed by atoms with E-state index in [9.17, 15) is 0 Å². The maximum Gasteiger partial charge on any atom is 0.156 e. The average Bonchev–Trinajstić information content (AvgIpc) is 2.74. The zero-order valence-electron chi connectivity index (χ0n) is 6.82. The highest BCUT2D eigenvalue weighted by atomic mass is 32.2. The van der Waals surface area contributed by atoms with Crippen molar-refractivity contribution in [1.29, 1.82) is 0 Å². The summed E-state index contributed by atoms with van der Waals surface area (Å²) in [5, 5.41) is 6.54. The molecule has 1 N–H and O–H groups in total. The predicted octanol–water partition coefficient (Wildman–Crippen LogP) is 1.54. The molecule has 1 fully saturated rings. The van der Waals surface area contributed by atoms with E-state index in [-0.39, 0.29) is 0 Å². The summed E-state index contributed by atoms with van der Waals surface area (Å²) in [5.74, 6) is 4.13.